The zero-order valence-electron chi connectivity index (χ0n) is 14.0. The van der Waals surface area contributed by atoms with Crippen molar-refractivity contribution in [1.29, 1.82) is 0 Å². The molecule has 0 saturated heterocycles. The molecule has 0 unspecified atom stereocenters. The maximum atomic E-state index is 13.3. The van der Waals surface area contributed by atoms with E-state index in [4.69, 9.17) is 4.74 Å². The van der Waals surface area contributed by atoms with Crippen LogP contribution in [0.1, 0.15) is 12.5 Å². The van der Waals surface area contributed by atoms with E-state index in [1.807, 2.05) is 6.07 Å². The van der Waals surface area contributed by atoms with Gasteiger partial charge in [0.25, 0.3) is 0 Å². The molecular weight excluding hydrogens is 346 g/mol. The Balaban J connectivity index is 2.10. The largest absolute Gasteiger partial charge is 0.503 e. The van der Waals surface area contributed by atoms with E-state index < -0.39 is 35.4 Å². The fraction of sp³-hybridized carbons (Fsp3) is 0.222. The number of amides is 2. The predicted molar refractivity (Wildman–Crippen MR) is 90.7 cm³/mol. The molecule has 0 fully saturated rings. The molecule has 0 aliphatic carbocycles. The van der Waals surface area contributed by atoms with Crippen LogP contribution in [-0.2, 0) is 16.0 Å². The number of aromatic hydroxyl groups is 1. The lowest BCUT2D eigenvalue weighted by molar-refractivity contribution is -0.145. The SMILES string of the molecule is CCOC(=O)[C@H](Cc1ccccc1)NC(=O)Nc1ccc(F)c(F)c1O. The van der Waals surface area contributed by atoms with Crippen LogP contribution in [0.5, 0.6) is 5.75 Å². The number of urea groups is 1. The van der Waals surface area contributed by atoms with Gasteiger partial charge in [0, 0.05) is 6.42 Å². The Hall–Kier alpha value is -3.16. The molecule has 1 atom stereocenters. The summed E-state index contributed by atoms with van der Waals surface area (Å²) >= 11 is 0. The van der Waals surface area contributed by atoms with Crippen LogP contribution in [-0.4, -0.2) is 29.8 Å². The van der Waals surface area contributed by atoms with E-state index >= 15 is 0 Å². The summed E-state index contributed by atoms with van der Waals surface area (Å²) in [5.74, 6) is -4.40. The average molecular weight is 364 g/mol. The zero-order chi connectivity index (χ0) is 19.1. The molecule has 8 heteroatoms. The maximum Gasteiger partial charge on any atom is 0.329 e. The first-order valence-corrected chi connectivity index (χ1v) is 7.87. The molecular formula is C18H18F2N2O4. The summed E-state index contributed by atoms with van der Waals surface area (Å²) in [6, 6.07) is 8.86. The van der Waals surface area contributed by atoms with Crippen LogP contribution in [0.4, 0.5) is 19.3 Å². The van der Waals surface area contributed by atoms with Gasteiger partial charge in [-0.2, -0.15) is 4.39 Å². The number of carbonyl (C=O) groups excluding carboxylic acids is 2. The highest BCUT2D eigenvalue weighted by molar-refractivity contribution is 5.93. The van der Waals surface area contributed by atoms with Crippen molar-refractivity contribution in [2.75, 3.05) is 11.9 Å². The standard InChI is InChI=1S/C18H18F2N2O4/c1-2-26-17(24)14(10-11-6-4-3-5-7-11)22-18(25)21-13-9-8-12(19)15(20)16(13)23/h3-9,14,23H,2,10H2,1H3,(H2,21,22,25)/t14-/m0/s1. The number of benzene rings is 2. The number of hydrogen-bond acceptors (Lipinski definition) is 4. The first-order chi connectivity index (χ1) is 12.4. The Kier molecular flexibility index (Phi) is 6.48. The second kappa shape index (κ2) is 8.80. The average Bonchev–Trinajstić information content (AvgIpc) is 2.63. The fourth-order valence-corrected chi connectivity index (χ4v) is 2.24. The number of phenolic OH excluding ortho intramolecular Hbond substituents is 1. The molecule has 0 saturated carbocycles. The third-order valence-electron chi connectivity index (χ3n) is 3.48. The van der Waals surface area contributed by atoms with Crippen molar-refractivity contribution < 1.29 is 28.2 Å². The molecule has 0 bridgehead atoms. The van der Waals surface area contributed by atoms with E-state index in [0.717, 1.165) is 17.7 Å². The molecule has 3 N–H and O–H groups in total. The van der Waals surface area contributed by atoms with Crippen LogP contribution in [0.3, 0.4) is 0 Å². The predicted octanol–water partition coefficient (Wildman–Crippen LogP) is 2.97. The number of carbonyl (C=O) groups is 2. The minimum absolute atomic E-state index is 0.136. The van der Waals surface area contributed by atoms with Crippen LogP contribution >= 0.6 is 0 Å². The highest BCUT2D eigenvalue weighted by Gasteiger charge is 2.23. The summed E-state index contributed by atoms with van der Waals surface area (Å²) in [5.41, 5.74) is 0.463. The molecule has 6 nitrogen and oxygen atoms in total. The van der Waals surface area contributed by atoms with Gasteiger partial charge >= 0.3 is 12.0 Å². The van der Waals surface area contributed by atoms with Crippen molar-refractivity contribution in [2.45, 2.75) is 19.4 Å². The van der Waals surface area contributed by atoms with E-state index in [2.05, 4.69) is 10.6 Å². The van der Waals surface area contributed by atoms with Gasteiger partial charge in [0.05, 0.1) is 12.3 Å². The van der Waals surface area contributed by atoms with Crippen LogP contribution in [0.25, 0.3) is 0 Å². The van der Waals surface area contributed by atoms with Gasteiger partial charge < -0.3 is 20.5 Å². The number of ether oxygens (including phenoxy) is 1. The molecule has 0 spiro atoms. The molecule has 0 aliphatic rings. The Morgan fingerprint density at radius 3 is 2.50 bits per heavy atom. The van der Waals surface area contributed by atoms with Gasteiger partial charge in [-0.15, -0.1) is 0 Å². The summed E-state index contributed by atoms with van der Waals surface area (Å²) in [4.78, 5) is 24.2. The second-order valence-electron chi connectivity index (χ2n) is 5.35. The minimum atomic E-state index is -1.48. The number of anilines is 1. The molecule has 26 heavy (non-hydrogen) atoms. The normalized spacial score (nSPS) is 11.5. The number of esters is 1. The summed E-state index contributed by atoms with van der Waals surface area (Å²) < 4.78 is 31.3. The van der Waals surface area contributed by atoms with E-state index in [1.165, 1.54) is 0 Å². The van der Waals surface area contributed by atoms with Gasteiger partial charge in [0.15, 0.2) is 11.6 Å². The van der Waals surface area contributed by atoms with Crippen molar-refractivity contribution in [1.82, 2.24) is 5.32 Å². The number of halogens is 2. The Morgan fingerprint density at radius 2 is 1.85 bits per heavy atom. The van der Waals surface area contributed by atoms with Crippen molar-refractivity contribution in [3.63, 3.8) is 0 Å². The van der Waals surface area contributed by atoms with Crippen LogP contribution in [0.2, 0.25) is 0 Å². The van der Waals surface area contributed by atoms with E-state index in [0.29, 0.717) is 0 Å². The van der Waals surface area contributed by atoms with Crippen LogP contribution in [0.15, 0.2) is 42.5 Å². The van der Waals surface area contributed by atoms with Crippen LogP contribution in [0, 0.1) is 11.6 Å². The highest BCUT2D eigenvalue weighted by Crippen LogP contribution is 2.28. The van der Waals surface area contributed by atoms with Crippen molar-refractivity contribution in [3.8, 4) is 5.75 Å². The topological polar surface area (TPSA) is 87.7 Å². The summed E-state index contributed by atoms with van der Waals surface area (Å²) in [6.45, 7) is 1.77. The number of phenols is 1. The number of nitrogens with one attached hydrogen (secondary N) is 2. The van der Waals surface area contributed by atoms with E-state index in [-0.39, 0.29) is 18.7 Å². The molecule has 0 radical (unpaired) electrons. The van der Waals surface area contributed by atoms with Gasteiger partial charge in [-0.1, -0.05) is 30.3 Å². The third kappa shape index (κ3) is 4.92. The Bertz CT molecular complexity index is 784. The van der Waals surface area contributed by atoms with E-state index in [1.54, 1.807) is 31.2 Å². The van der Waals surface area contributed by atoms with Gasteiger partial charge in [0.1, 0.15) is 6.04 Å². The van der Waals surface area contributed by atoms with Crippen molar-refractivity contribution in [2.24, 2.45) is 0 Å². The molecule has 2 aromatic carbocycles. The first-order valence-electron chi connectivity index (χ1n) is 7.87. The lowest BCUT2D eigenvalue weighted by Gasteiger charge is -2.18. The van der Waals surface area contributed by atoms with Crippen molar-refractivity contribution >= 4 is 17.7 Å². The molecule has 0 aromatic heterocycles. The maximum absolute atomic E-state index is 13.3. The lowest BCUT2D eigenvalue weighted by Crippen LogP contribution is -2.45. The quantitative estimate of drug-likeness (QED) is 0.543. The molecule has 138 valence electrons. The molecule has 2 amide bonds. The second-order valence-corrected chi connectivity index (χ2v) is 5.35. The minimum Gasteiger partial charge on any atom is -0.503 e. The monoisotopic (exact) mass is 364 g/mol. The summed E-state index contributed by atoms with van der Waals surface area (Å²) in [5, 5.41) is 14.1. The van der Waals surface area contributed by atoms with Gasteiger partial charge in [-0.05, 0) is 24.6 Å². The summed E-state index contributed by atoms with van der Waals surface area (Å²) in [7, 11) is 0. The molecule has 2 rings (SSSR count). The molecule has 0 aliphatic heterocycles. The first kappa shape index (κ1) is 19.2. The Labute approximate surface area is 148 Å². The van der Waals surface area contributed by atoms with Gasteiger partial charge in [-0.25, -0.2) is 14.0 Å². The number of rotatable bonds is 6. The lowest BCUT2D eigenvalue weighted by atomic mass is 10.1. The van der Waals surface area contributed by atoms with Crippen molar-refractivity contribution in [3.05, 3.63) is 59.7 Å². The molecule has 0 heterocycles. The smallest absolute Gasteiger partial charge is 0.329 e. The summed E-state index contributed by atoms with van der Waals surface area (Å²) in [6.07, 6.45) is 0.177. The van der Waals surface area contributed by atoms with Gasteiger partial charge in [0.2, 0.25) is 5.82 Å². The third-order valence-corrected chi connectivity index (χ3v) is 3.48. The van der Waals surface area contributed by atoms with Gasteiger partial charge in [-0.3, -0.25) is 0 Å². The number of hydrogen-bond donors (Lipinski definition) is 3. The van der Waals surface area contributed by atoms with Crippen LogP contribution < -0.4 is 10.6 Å². The molecule has 2 aromatic rings. The fourth-order valence-electron chi connectivity index (χ4n) is 2.24. The van der Waals surface area contributed by atoms with E-state index in [9.17, 15) is 23.5 Å². The Morgan fingerprint density at radius 1 is 1.15 bits per heavy atom. The zero-order valence-corrected chi connectivity index (χ0v) is 14.0. The highest BCUT2D eigenvalue weighted by atomic mass is 19.2.